The van der Waals surface area contributed by atoms with Gasteiger partial charge >= 0.3 is 0 Å². The minimum atomic E-state index is -0.662. The predicted molar refractivity (Wildman–Crippen MR) is 72.6 cm³/mol. The molecule has 20 heavy (non-hydrogen) atoms. The number of ether oxygens (including phenoxy) is 1. The van der Waals surface area contributed by atoms with Crippen LogP contribution in [0.15, 0.2) is 10.9 Å². The summed E-state index contributed by atoms with van der Waals surface area (Å²) in [6, 6.07) is 1.48. The van der Waals surface area contributed by atoms with Crippen LogP contribution in [0.25, 0.3) is 11.2 Å². The zero-order valence-corrected chi connectivity index (χ0v) is 11.6. The van der Waals surface area contributed by atoms with Crippen LogP contribution in [0.4, 0.5) is 5.69 Å². The van der Waals surface area contributed by atoms with Crippen LogP contribution in [0.3, 0.4) is 0 Å². The number of hydrogen-bond acceptors (Lipinski definition) is 6. The minimum Gasteiger partial charge on any atom is -0.391 e. The molecule has 0 saturated carbocycles. The van der Waals surface area contributed by atoms with E-state index in [9.17, 15) is 9.90 Å². The predicted octanol–water partition coefficient (Wildman–Crippen LogP) is -0.0672. The van der Waals surface area contributed by atoms with Gasteiger partial charge in [0.1, 0.15) is 12.3 Å². The zero-order valence-electron chi connectivity index (χ0n) is 11.6. The fraction of sp³-hybridized carbons (Fsp3) is 0.583. The summed E-state index contributed by atoms with van der Waals surface area (Å²) >= 11 is 0. The SMILES string of the molecule is CNc1cc(=O)n2c3c1nnn3C[C@H](C(C)O)O[C@@H]2C. The Morgan fingerprint density at radius 2 is 2.35 bits per heavy atom. The lowest BCUT2D eigenvalue weighted by molar-refractivity contribution is -0.0938. The highest BCUT2D eigenvalue weighted by Gasteiger charge is 2.29. The fourth-order valence-corrected chi connectivity index (χ4v) is 2.55. The van der Waals surface area contributed by atoms with Gasteiger partial charge in [0.25, 0.3) is 5.56 Å². The Labute approximate surface area is 115 Å². The van der Waals surface area contributed by atoms with E-state index in [1.54, 1.807) is 25.6 Å². The van der Waals surface area contributed by atoms with Crippen molar-refractivity contribution in [1.82, 2.24) is 19.6 Å². The van der Waals surface area contributed by atoms with Crippen LogP contribution in [-0.4, -0.2) is 43.9 Å². The number of aliphatic hydroxyl groups is 1. The van der Waals surface area contributed by atoms with E-state index in [1.165, 1.54) is 10.6 Å². The molecule has 0 radical (unpaired) electrons. The van der Waals surface area contributed by atoms with Crippen LogP contribution >= 0.6 is 0 Å². The van der Waals surface area contributed by atoms with Gasteiger partial charge in [0, 0.05) is 13.1 Å². The summed E-state index contributed by atoms with van der Waals surface area (Å²) in [4.78, 5) is 12.3. The van der Waals surface area contributed by atoms with Gasteiger partial charge in [-0.05, 0) is 13.8 Å². The van der Waals surface area contributed by atoms with Crippen LogP contribution in [0.1, 0.15) is 20.1 Å². The van der Waals surface area contributed by atoms with Crippen LogP contribution < -0.4 is 10.9 Å². The smallest absolute Gasteiger partial charge is 0.256 e. The summed E-state index contributed by atoms with van der Waals surface area (Å²) in [5, 5.41) is 20.9. The molecule has 0 fully saturated rings. The molecule has 3 rings (SSSR count). The average Bonchev–Trinajstić information content (AvgIpc) is 2.73. The highest BCUT2D eigenvalue weighted by atomic mass is 16.5. The van der Waals surface area contributed by atoms with Gasteiger partial charge in [0.15, 0.2) is 11.2 Å². The molecule has 3 heterocycles. The lowest BCUT2D eigenvalue weighted by Gasteiger charge is -2.22. The van der Waals surface area contributed by atoms with Crippen LogP contribution in [-0.2, 0) is 11.3 Å². The van der Waals surface area contributed by atoms with E-state index in [0.717, 1.165) is 0 Å². The highest BCUT2D eigenvalue weighted by Crippen LogP contribution is 2.26. The van der Waals surface area contributed by atoms with E-state index in [-0.39, 0.29) is 5.56 Å². The van der Waals surface area contributed by atoms with Gasteiger partial charge in [-0.2, -0.15) is 0 Å². The fourth-order valence-electron chi connectivity index (χ4n) is 2.55. The summed E-state index contributed by atoms with van der Waals surface area (Å²) in [5.74, 6) is 0. The molecule has 1 aliphatic rings. The van der Waals surface area contributed by atoms with E-state index < -0.39 is 18.4 Å². The van der Waals surface area contributed by atoms with Crippen molar-refractivity contribution in [2.45, 2.75) is 38.8 Å². The Bertz CT molecular complexity index is 705. The first-order valence-corrected chi connectivity index (χ1v) is 6.53. The third kappa shape index (κ3) is 1.80. The second kappa shape index (κ2) is 4.57. The van der Waals surface area contributed by atoms with Gasteiger partial charge in [0.05, 0.1) is 18.3 Å². The number of anilines is 1. The molecule has 0 aromatic carbocycles. The van der Waals surface area contributed by atoms with Crippen LogP contribution in [0.2, 0.25) is 0 Å². The summed E-state index contributed by atoms with van der Waals surface area (Å²) in [5.41, 5.74) is 1.67. The Kier molecular flexibility index (Phi) is 2.98. The molecule has 8 nitrogen and oxygen atoms in total. The maximum atomic E-state index is 12.3. The number of nitrogens with zero attached hydrogens (tertiary/aromatic N) is 4. The monoisotopic (exact) mass is 279 g/mol. The third-order valence-corrected chi connectivity index (χ3v) is 3.59. The van der Waals surface area contributed by atoms with Crippen molar-refractivity contribution >= 4 is 16.9 Å². The minimum absolute atomic E-state index is 0.191. The number of rotatable bonds is 2. The molecule has 1 unspecified atom stereocenters. The van der Waals surface area contributed by atoms with Gasteiger partial charge in [-0.25, -0.2) is 4.68 Å². The number of aromatic nitrogens is 4. The standard InChI is InChI=1S/C12H17N5O3/c1-6(18)9-5-16-12-11(14-15-16)8(13-3)4-10(19)17(12)7(2)20-9/h4,6-7,9,13,18H,5H2,1-3H3/t6?,7-,9-/m1/s1. The van der Waals surface area contributed by atoms with E-state index in [1.807, 2.05) is 0 Å². The molecule has 108 valence electrons. The molecule has 2 aromatic rings. The number of pyridine rings is 1. The lowest BCUT2D eigenvalue weighted by Crippen LogP contribution is -2.32. The van der Waals surface area contributed by atoms with E-state index >= 15 is 0 Å². The molecule has 0 aliphatic carbocycles. The molecular weight excluding hydrogens is 262 g/mol. The zero-order chi connectivity index (χ0) is 14.4. The first kappa shape index (κ1) is 13.1. The third-order valence-electron chi connectivity index (χ3n) is 3.59. The van der Waals surface area contributed by atoms with E-state index in [4.69, 9.17) is 4.74 Å². The quantitative estimate of drug-likeness (QED) is 0.799. The molecule has 0 saturated heterocycles. The molecule has 3 atom stereocenters. The molecule has 1 aliphatic heterocycles. The molecule has 8 heteroatoms. The molecular formula is C12H17N5O3. The highest BCUT2D eigenvalue weighted by molar-refractivity contribution is 5.85. The Morgan fingerprint density at radius 1 is 1.60 bits per heavy atom. The van der Waals surface area contributed by atoms with Crippen molar-refractivity contribution in [2.75, 3.05) is 12.4 Å². The molecule has 0 spiro atoms. The van der Waals surface area contributed by atoms with E-state index in [2.05, 4.69) is 15.6 Å². The normalized spacial score (nSPS) is 23.6. The van der Waals surface area contributed by atoms with Crippen molar-refractivity contribution in [1.29, 1.82) is 0 Å². The topological polar surface area (TPSA) is 94.2 Å². The van der Waals surface area contributed by atoms with Crippen molar-refractivity contribution < 1.29 is 9.84 Å². The van der Waals surface area contributed by atoms with Gasteiger partial charge in [0.2, 0.25) is 0 Å². The van der Waals surface area contributed by atoms with Gasteiger partial charge in [-0.3, -0.25) is 9.36 Å². The van der Waals surface area contributed by atoms with Crippen molar-refractivity contribution in [2.24, 2.45) is 0 Å². The van der Waals surface area contributed by atoms with Gasteiger partial charge in [-0.1, -0.05) is 5.21 Å². The summed E-state index contributed by atoms with van der Waals surface area (Å²) in [7, 11) is 1.73. The number of hydrogen-bond donors (Lipinski definition) is 2. The van der Waals surface area contributed by atoms with Gasteiger partial charge < -0.3 is 15.2 Å². The maximum absolute atomic E-state index is 12.3. The summed E-state index contributed by atoms with van der Waals surface area (Å²) < 4.78 is 8.88. The summed E-state index contributed by atoms with van der Waals surface area (Å²) in [6.45, 7) is 3.78. The Hall–Kier alpha value is -1.93. The first-order chi connectivity index (χ1) is 9.52. The first-order valence-electron chi connectivity index (χ1n) is 6.53. The van der Waals surface area contributed by atoms with Crippen molar-refractivity contribution in [3.05, 3.63) is 16.4 Å². The average molecular weight is 279 g/mol. The van der Waals surface area contributed by atoms with Crippen molar-refractivity contribution in [3.63, 3.8) is 0 Å². The van der Waals surface area contributed by atoms with Crippen LogP contribution in [0.5, 0.6) is 0 Å². The lowest BCUT2D eigenvalue weighted by atomic mass is 10.2. The maximum Gasteiger partial charge on any atom is 0.256 e. The summed E-state index contributed by atoms with van der Waals surface area (Å²) in [6.07, 6.45) is -1.59. The molecule has 0 amide bonds. The van der Waals surface area contributed by atoms with Crippen molar-refractivity contribution in [3.8, 4) is 0 Å². The van der Waals surface area contributed by atoms with Gasteiger partial charge in [-0.15, -0.1) is 5.10 Å². The second-order valence-corrected chi connectivity index (χ2v) is 4.97. The molecule has 0 bridgehead atoms. The molecule has 2 aromatic heterocycles. The largest absolute Gasteiger partial charge is 0.391 e. The Morgan fingerprint density at radius 3 is 3.00 bits per heavy atom. The number of aliphatic hydroxyl groups excluding tert-OH is 1. The van der Waals surface area contributed by atoms with E-state index in [0.29, 0.717) is 23.4 Å². The Balaban J connectivity index is 2.29. The van der Waals surface area contributed by atoms with Crippen LogP contribution in [0, 0.1) is 0 Å². The number of nitrogens with one attached hydrogen (secondary N) is 1. The molecule has 2 N–H and O–H groups in total. The second-order valence-electron chi connectivity index (χ2n) is 4.97.